The van der Waals surface area contributed by atoms with Gasteiger partial charge in [-0.2, -0.15) is 0 Å². The van der Waals surface area contributed by atoms with Crippen LogP contribution in [0.4, 0.5) is 0 Å². The molecule has 1 rings (SSSR count). The van der Waals surface area contributed by atoms with Crippen LogP contribution in [0.15, 0.2) is 72.9 Å². The van der Waals surface area contributed by atoms with Crippen molar-refractivity contribution >= 4 is 23.9 Å². The van der Waals surface area contributed by atoms with Gasteiger partial charge in [-0.05, 0) is 89.9 Å². The molecule has 0 aliphatic carbocycles. The molecule has 0 aromatic heterocycles. The van der Waals surface area contributed by atoms with E-state index in [0.29, 0.717) is 25.7 Å². The SMILES string of the molecule is CC/C=C\C/C=C\C/C=C\C/C=C\CCCCC(=O)OC1C(OCC(COC(=O)CCCCCCCCC/C=C\C/C=C\CCCCC)OC(=O)CCCCCCCCCCC)OC(C(=O)O)C(O)C1O. The van der Waals surface area contributed by atoms with Crippen LogP contribution in [0.3, 0.4) is 0 Å². The number of carbonyl (C=O) groups is 4. The Hall–Kier alpha value is -3.84. The zero-order valence-electron chi connectivity index (χ0n) is 44.4. The van der Waals surface area contributed by atoms with Gasteiger partial charge in [0.2, 0.25) is 0 Å². The summed E-state index contributed by atoms with van der Waals surface area (Å²) in [6.45, 7) is 5.79. The zero-order valence-corrected chi connectivity index (χ0v) is 44.4. The fourth-order valence-electron chi connectivity index (χ4n) is 7.98. The van der Waals surface area contributed by atoms with Crippen LogP contribution >= 0.6 is 0 Å². The van der Waals surface area contributed by atoms with E-state index < -0.39 is 67.3 Å². The van der Waals surface area contributed by atoms with Gasteiger partial charge in [0.15, 0.2) is 24.6 Å². The smallest absolute Gasteiger partial charge is 0.335 e. The van der Waals surface area contributed by atoms with Crippen LogP contribution in [0.5, 0.6) is 0 Å². The number of esters is 3. The molecule has 1 heterocycles. The maximum absolute atomic E-state index is 13.0. The van der Waals surface area contributed by atoms with Crippen LogP contribution in [0.2, 0.25) is 0 Å². The maximum atomic E-state index is 13.0. The molecule has 1 aliphatic rings. The van der Waals surface area contributed by atoms with Gasteiger partial charge in [-0.3, -0.25) is 14.4 Å². The lowest BCUT2D eigenvalue weighted by molar-refractivity contribution is -0.301. The molecule has 6 atom stereocenters. The molecular weight excluding hydrogens is 901 g/mol. The highest BCUT2D eigenvalue weighted by molar-refractivity contribution is 5.74. The average molecular weight is 999 g/mol. The van der Waals surface area contributed by atoms with Gasteiger partial charge < -0.3 is 39.0 Å². The van der Waals surface area contributed by atoms with Crippen LogP contribution in [0.25, 0.3) is 0 Å². The first kappa shape index (κ1) is 65.2. The molecule has 1 aliphatic heterocycles. The first-order valence-electron chi connectivity index (χ1n) is 27.9. The molecule has 1 saturated heterocycles. The van der Waals surface area contributed by atoms with E-state index in [1.807, 2.05) is 0 Å². The van der Waals surface area contributed by atoms with Crippen molar-refractivity contribution in [2.75, 3.05) is 13.2 Å². The Morgan fingerprint density at radius 2 is 0.887 bits per heavy atom. The van der Waals surface area contributed by atoms with Crippen molar-refractivity contribution in [3.8, 4) is 0 Å². The van der Waals surface area contributed by atoms with E-state index in [0.717, 1.165) is 89.9 Å². The van der Waals surface area contributed by atoms with E-state index >= 15 is 0 Å². The molecule has 12 heteroatoms. The lowest BCUT2D eigenvalue weighted by atomic mass is 9.98. The van der Waals surface area contributed by atoms with Crippen LogP contribution in [-0.4, -0.2) is 89.2 Å². The van der Waals surface area contributed by atoms with Gasteiger partial charge in [0, 0.05) is 19.3 Å². The number of allylic oxidation sites excluding steroid dienone is 12. The van der Waals surface area contributed by atoms with Crippen LogP contribution in [0.1, 0.15) is 226 Å². The standard InChI is InChI=1S/C59H98O12/c1-4-7-10-13-16-19-21-23-25-26-28-29-31-34-36-39-42-45-51(60)67-48-50(69-52(61)46-43-40-37-33-18-15-12-9-6-3)49-68-59-57(55(64)54(63)56(71-59)58(65)66)70-53(62)47-44-41-38-35-32-30-27-24-22-20-17-14-11-8-5-2/h8,11,16-17,19-20,23-25,27,32,35,50,54-57,59,63-64H,4-7,9-10,12-15,18,21-22,26,28-31,33-34,36-49H2,1-3H3,(H,65,66)/b11-8-,19-16-,20-17-,25-23-,27-24-,35-32-. The summed E-state index contributed by atoms with van der Waals surface area (Å²) in [5, 5.41) is 31.4. The van der Waals surface area contributed by atoms with Gasteiger partial charge in [0.1, 0.15) is 18.8 Å². The van der Waals surface area contributed by atoms with Crippen LogP contribution in [-0.2, 0) is 42.9 Å². The van der Waals surface area contributed by atoms with E-state index in [2.05, 4.69) is 93.7 Å². The number of rotatable bonds is 46. The monoisotopic (exact) mass is 999 g/mol. The molecule has 3 N–H and O–H groups in total. The van der Waals surface area contributed by atoms with Crippen molar-refractivity contribution in [3.05, 3.63) is 72.9 Å². The number of ether oxygens (including phenoxy) is 5. The summed E-state index contributed by atoms with van der Waals surface area (Å²) in [4.78, 5) is 50.9. The fraction of sp³-hybridized carbons (Fsp3) is 0.729. The number of aliphatic hydroxyl groups excluding tert-OH is 2. The number of hydrogen-bond acceptors (Lipinski definition) is 11. The molecule has 6 unspecified atom stereocenters. The summed E-state index contributed by atoms with van der Waals surface area (Å²) in [6.07, 6.45) is 46.1. The maximum Gasteiger partial charge on any atom is 0.335 e. The third kappa shape index (κ3) is 37.6. The molecule has 0 aromatic carbocycles. The molecule has 0 aromatic rings. The molecule has 0 radical (unpaired) electrons. The van der Waals surface area contributed by atoms with Gasteiger partial charge in [-0.15, -0.1) is 0 Å². The summed E-state index contributed by atoms with van der Waals surface area (Å²) in [7, 11) is 0. The van der Waals surface area contributed by atoms with Crippen molar-refractivity contribution in [3.63, 3.8) is 0 Å². The van der Waals surface area contributed by atoms with Crippen LogP contribution in [0, 0.1) is 0 Å². The lowest BCUT2D eigenvalue weighted by Gasteiger charge is -2.40. The van der Waals surface area contributed by atoms with Gasteiger partial charge in [-0.1, -0.05) is 190 Å². The van der Waals surface area contributed by atoms with Crippen molar-refractivity contribution in [2.45, 2.75) is 263 Å². The van der Waals surface area contributed by atoms with E-state index in [4.69, 9.17) is 23.7 Å². The third-order valence-corrected chi connectivity index (χ3v) is 12.3. The molecule has 0 spiro atoms. The van der Waals surface area contributed by atoms with E-state index in [1.54, 1.807) is 0 Å². The zero-order chi connectivity index (χ0) is 51.8. The molecule has 0 saturated carbocycles. The Morgan fingerprint density at radius 3 is 1.41 bits per heavy atom. The topological polar surface area (TPSA) is 175 Å². The van der Waals surface area contributed by atoms with E-state index in [1.165, 1.54) is 70.6 Å². The minimum absolute atomic E-state index is 0.00649. The first-order valence-corrected chi connectivity index (χ1v) is 27.9. The lowest BCUT2D eigenvalue weighted by Crippen LogP contribution is -2.61. The minimum Gasteiger partial charge on any atom is -0.479 e. The largest absolute Gasteiger partial charge is 0.479 e. The normalized spacial score (nSPS) is 19.0. The first-order chi connectivity index (χ1) is 34.6. The van der Waals surface area contributed by atoms with Gasteiger partial charge in [0.05, 0.1) is 6.61 Å². The highest BCUT2D eigenvalue weighted by Crippen LogP contribution is 2.26. The number of unbranched alkanes of at least 4 members (excludes halogenated alkanes) is 20. The summed E-state index contributed by atoms with van der Waals surface area (Å²) < 4.78 is 28.3. The molecule has 0 bridgehead atoms. The summed E-state index contributed by atoms with van der Waals surface area (Å²) >= 11 is 0. The molecule has 1 fully saturated rings. The highest BCUT2D eigenvalue weighted by atomic mass is 16.7. The quantitative estimate of drug-likeness (QED) is 0.0228. The number of carboxylic acids is 1. The Labute approximate surface area is 429 Å². The number of carboxylic acid groups (broad SMARTS) is 1. The van der Waals surface area contributed by atoms with Gasteiger partial charge >= 0.3 is 23.9 Å². The number of aliphatic carboxylic acids is 1. The molecular formula is C59H98O12. The Bertz CT molecular complexity index is 1510. The Morgan fingerprint density at radius 1 is 0.479 bits per heavy atom. The predicted molar refractivity (Wildman–Crippen MR) is 285 cm³/mol. The van der Waals surface area contributed by atoms with E-state index in [9.17, 15) is 34.5 Å². The Kier molecular flexibility index (Phi) is 43.3. The number of hydrogen-bond donors (Lipinski definition) is 3. The van der Waals surface area contributed by atoms with Crippen molar-refractivity contribution in [1.29, 1.82) is 0 Å². The minimum atomic E-state index is -1.92. The summed E-state index contributed by atoms with van der Waals surface area (Å²) in [5.41, 5.74) is 0. The fourth-order valence-corrected chi connectivity index (χ4v) is 7.98. The molecule has 12 nitrogen and oxygen atoms in total. The average Bonchev–Trinajstić information content (AvgIpc) is 3.35. The Balaban J connectivity index is 2.70. The van der Waals surface area contributed by atoms with Crippen molar-refractivity contribution in [1.82, 2.24) is 0 Å². The number of aliphatic hydroxyl groups is 2. The summed E-state index contributed by atoms with van der Waals surface area (Å²) in [5.74, 6) is -3.19. The second kappa shape index (κ2) is 47.2. The highest BCUT2D eigenvalue weighted by Gasteiger charge is 2.50. The molecule has 71 heavy (non-hydrogen) atoms. The van der Waals surface area contributed by atoms with Crippen LogP contribution < -0.4 is 0 Å². The third-order valence-electron chi connectivity index (χ3n) is 12.3. The summed E-state index contributed by atoms with van der Waals surface area (Å²) in [6, 6.07) is 0. The van der Waals surface area contributed by atoms with Gasteiger partial charge in [0.25, 0.3) is 0 Å². The second-order valence-corrected chi connectivity index (χ2v) is 18.8. The molecule has 0 amide bonds. The van der Waals surface area contributed by atoms with Gasteiger partial charge in [-0.25, -0.2) is 4.79 Å². The van der Waals surface area contributed by atoms with Crippen molar-refractivity contribution in [2.24, 2.45) is 0 Å². The second-order valence-electron chi connectivity index (χ2n) is 18.8. The predicted octanol–water partition coefficient (Wildman–Crippen LogP) is 13.8. The van der Waals surface area contributed by atoms with E-state index in [-0.39, 0.29) is 25.9 Å². The van der Waals surface area contributed by atoms with Crippen molar-refractivity contribution < 1.29 is 58.2 Å². The molecule has 406 valence electrons. The number of carbonyl (C=O) groups excluding carboxylic acids is 3.